The minimum atomic E-state index is 0.339. The molecule has 0 spiro atoms. The quantitative estimate of drug-likeness (QED) is 0.725. The van der Waals surface area contributed by atoms with Crippen LogP contribution < -0.4 is 0 Å². The molecule has 0 bridgehead atoms. The van der Waals surface area contributed by atoms with Crippen LogP contribution in [0.25, 0.3) is 10.7 Å². The molecule has 0 atom stereocenters. The highest BCUT2D eigenvalue weighted by molar-refractivity contribution is 7.14. The van der Waals surface area contributed by atoms with E-state index in [9.17, 15) is 0 Å². The largest absolute Gasteiger partial charge is 0.249 e. The van der Waals surface area contributed by atoms with Crippen LogP contribution in [0.3, 0.4) is 0 Å². The van der Waals surface area contributed by atoms with E-state index in [1.165, 1.54) is 17.4 Å². The molecule has 3 nitrogen and oxygen atoms in total. The van der Waals surface area contributed by atoms with Crippen molar-refractivity contribution in [2.45, 2.75) is 6.92 Å². The van der Waals surface area contributed by atoms with Gasteiger partial charge in [-0.15, -0.1) is 11.3 Å². The maximum Gasteiger partial charge on any atom is 0.174 e. The fraction of sp³-hybridized carbons (Fsp3) is 0.125. The summed E-state index contributed by atoms with van der Waals surface area (Å²) in [6.45, 7) is 1.92. The molecule has 72 valence electrons. The van der Waals surface area contributed by atoms with Crippen molar-refractivity contribution in [1.29, 1.82) is 0 Å². The van der Waals surface area contributed by atoms with Crippen molar-refractivity contribution >= 4 is 34.5 Å². The highest BCUT2D eigenvalue weighted by atomic mass is 35.5. The van der Waals surface area contributed by atoms with E-state index >= 15 is 0 Å². The number of hydrogen-bond acceptors (Lipinski definition) is 4. The van der Waals surface area contributed by atoms with Crippen molar-refractivity contribution in [2.24, 2.45) is 0 Å². The maximum absolute atomic E-state index is 5.76. The topological polar surface area (TPSA) is 38.7 Å². The Morgan fingerprint density at radius 3 is 2.36 bits per heavy atom. The molecule has 14 heavy (non-hydrogen) atoms. The highest BCUT2D eigenvalue weighted by Crippen LogP contribution is 2.24. The van der Waals surface area contributed by atoms with Gasteiger partial charge in [0, 0.05) is 12.3 Å². The monoisotopic (exact) mass is 245 g/mol. The standard InChI is InChI=1S/C8H5Cl2N3S/c1-4-11-3-5(14-4)8-12-6(9)2-7(10)13-8/h2-3H,1H3. The highest BCUT2D eigenvalue weighted by Gasteiger charge is 2.07. The SMILES string of the molecule is Cc1ncc(-c2nc(Cl)cc(Cl)n2)s1. The second-order valence-electron chi connectivity index (χ2n) is 2.58. The predicted octanol–water partition coefficient (Wildman–Crippen LogP) is 3.22. The van der Waals surface area contributed by atoms with Gasteiger partial charge in [-0.3, -0.25) is 0 Å². The fourth-order valence-corrected chi connectivity index (χ4v) is 2.10. The third-order valence-corrected chi connectivity index (χ3v) is 2.80. The Balaban J connectivity index is 2.51. The predicted molar refractivity (Wildman–Crippen MR) is 57.9 cm³/mol. The molecule has 2 heterocycles. The van der Waals surface area contributed by atoms with Gasteiger partial charge in [-0.25, -0.2) is 15.0 Å². The Bertz CT molecular complexity index is 449. The maximum atomic E-state index is 5.76. The van der Waals surface area contributed by atoms with Crippen LogP contribution in [0.5, 0.6) is 0 Å². The normalized spacial score (nSPS) is 10.5. The number of aromatic nitrogens is 3. The van der Waals surface area contributed by atoms with E-state index in [0.717, 1.165) is 9.88 Å². The summed E-state index contributed by atoms with van der Waals surface area (Å²) in [5.41, 5.74) is 0. The summed E-state index contributed by atoms with van der Waals surface area (Å²) in [4.78, 5) is 13.1. The third kappa shape index (κ3) is 2.03. The molecule has 0 aliphatic carbocycles. The van der Waals surface area contributed by atoms with E-state index in [2.05, 4.69) is 15.0 Å². The fourth-order valence-electron chi connectivity index (χ4n) is 0.965. The van der Waals surface area contributed by atoms with Gasteiger partial charge in [0.1, 0.15) is 10.3 Å². The minimum Gasteiger partial charge on any atom is -0.249 e. The van der Waals surface area contributed by atoms with Crippen LogP contribution in [0.2, 0.25) is 10.3 Å². The zero-order chi connectivity index (χ0) is 10.1. The van der Waals surface area contributed by atoms with Gasteiger partial charge in [-0.05, 0) is 6.92 Å². The lowest BCUT2D eigenvalue weighted by molar-refractivity contribution is 1.18. The van der Waals surface area contributed by atoms with Crippen molar-refractivity contribution in [3.63, 3.8) is 0 Å². The molecular formula is C8H5Cl2N3S. The van der Waals surface area contributed by atoms with Gasteiger partial charge in [0.05, 0.1) is 9.88 Å². The van der Waals surface area contributed by atoms with E-state index < -0.39 is 0 Å². The van der Waals surface area contributed by atoms with E-state index in [0.29, 0.717) is 16.1 Å². The molecule has 2 aromatic heterocycles. The number of halogens is 2. The molecule has 0 fully saturated rings. The van der Waals surface area contributed by atoms with Gasteiger partial charge in [0.2, 0.25) is 0 Å². The van der Waals surface area contributed by atoms with Crippen molar-refractivity contribution in [3.8, 4) is 10.7 Å². The van der Waals surface area contributed by atoms with Crippen LogP contribution in [0.15, 0.2) is 12.3 Å². The average molecular weight is 246 g/mol. The first-order valence-electron chi connectivity index (χ1n) is 3.78. The Hall–Kier alpha value is -0.710. The van der Waals surface area contributed by atoms with Gasteiger partial charge < -0.3 is 0 Å². The molecular weight excluding hydrogens is 241 g/mol. The number of hydrogen-bond donors (Lipinski definition) is 0. The molecule has 0 saturated heterocycles. The smallest absolute Gasteiger partial charge is 0.174 e. The molecule has 0 unspecified atom stereocenters. The first kappa shape index (κ1) is 9.83. The van der Waals surface area contributed by atoms with Crippen molar-refractivity contribution < 1.29 is 0 Å². The van der Waals surface area contributed by atoms with Gasteiger partial charge in [0.25, 0.3) is 0 Å². The third-order valence-electron chi connectivity index (χ3n) is 1.51. The second kappa shape index (κ2) is 3.81. The summed E-state index contributed by atoms with van der Waals surface area (Å²) in [5, 5.41) is 1.64. The van der Waals surface area contributed by atoms with Gasteiger partial charge in [0.15, 0.2) is 5.82 Å². The van der Waals surface area contributed by atoms with Crippen molar-refractivity contribution in [1.82, 2.24) is 15.0 Å². The molecule has 2 rings (SSSR count). The van der Waals surface area contributed by atoms with Crippen LogP contribution in [0, 0.1) is 6.92 Å². The number of thiazole rings is 1. The lowest BCUT2D eigenvalue weighted by Crippen LogP contribution is -1.87. The van der Waals surface area contributed by atoms with Crippen LogP contribution in [0.4, 0.5) is 0 Å². The molecule has 0 saturated carbocycles. The van der Waals surface area contributed by atoms with E-state index in [-0.39, 0.29) is 0 Å². The molecule has 0 N–H and O–H groups in total. The zero-order valence-electron chi connectivity index (χ0n) is 7.16. The Morgan fingerprint density at radius 2 is 1.86 bits per heavy atom. The first-order valence-corrected chi connectivity index (χ1v) is 5.35. The number of nitrogens with zero attached hydrogens (tertiary/aromatic N) is 3. The second-order valence-corrected chi connectivity index (χ2v) is 4.59. The minimum absolute atomic E-state index is 0.339. The van der Waals surface area contributed by atoms with Crippen LogP contribution in [-0.2, 0) is 0 Å². The summed E-state index contributed by atoms with van der Waals surface area (Å²) in [6, 6.07) is 1.50. The molecule has 0 aromatic carbocycles. The Labute approximate surface area is 94.8 Å². The molecule has 0 aliphatic heterocycles. The Morgan fingerprint density at radius 1 is 1.21 bits per heavy atom. The number of rotatable bonds is 1. The van der Waals surface area contributed by atoms with Gasteiger partial charge >= 0.3 is 0 Å². The summed E-state index contributed by atoms with van der Waals surface area (Å²) < 4.78 is 0. The zero-order valence-corrected chi connectivity index (χ0v) is 9.49. The lowest BCUT2D eigenvalue weighted by Gasteiger charge is -1.96. The van der Waals surface area contributed by atoms with Crippen molar-refractivity contribution in [2.75, 3.05) is 0 Å². The summed E-state index contributed by atoms with van der Waals surface area (Å²) in [7, 11) is 0. The summed E-state index contributed by atoms with van der Waals surface area (Å²) in [6.07, 6.45) is 1.71. The molecule has 0 aliphatic rings. The summed E-state index contributed by atoms with van der Waals surface area (Å²) in [5.74, 6) is 0.521. The first-order chi connectivity index (χ1) is 6.65. The molecule has 0 amide bonds. The van der Waals surface area contributed by atoms with E-state index in [1.54, 1.807) is 6.20 Å². The van der Waals surface area contributed by atoms with Crippen LogP contribution in [-0.4, -0.2) is 15.0 Å². The van der Waals surface area contributed by atoms with Gasteiger partial charge in [-0.2, -0.15) is 0 Å². The van der Waals surface area contributed by atoms with Crippen LogP contribution in [0.1, 0.15) is 5.01 Å². The molecule has 6 heteroatoms. The Kier molecular flexibility index (Phi) is 2.67. The van der Waals surface area contributed by atoms with E-state index in [1.807, 2.05) is 6.92 Å². The lowest BCUT2D eigenvalue weighted by atomic mass is 10.5. The molecule has 0 radical (unpaired) electrons. The van der Waals surface area contributed by atoms with Crippen molar-refractivity contribution in [3.05, 3.63) is 27.6 Å². The van der Waals surface area contributed by atoms with Crippen LogP contribution >= 0.6 is 34.5 Å². The van der Waals surface area contributed by atoms with Gasteiger partial charge in [-0.1, -0.05) is 23.2 Å². The van der Waals surface area contributed by atoms with E-state index in [4.69, 9.17) is 23.2 Å². The number of aryl methyl sites for hydroxylation is 1. The summed E-state index contributed by atoms with van der Waals surface area (Å²) >= 11 is 13.0. The molecule has 2 aromatic rings. The average Bonchev–Trinajstić information content (AvgIpc) is 2.50.